The summed E-state index contributed by atoms with van der Waals surface area (Å²) < 4.78 is 6.28. The molecule has 142 valence electrons. The quantitative estimate of drug-likeness (QED) is 0.472. The number of benzene rings is 2. The van der Waals surface area contributed by atoms with Crippen molar-refractivity contribution in [3.8, 4) is 5.75 Å². The van der Waals surface area contributed by atoms with E-state index in [2.05, 4.69) is 31.8 Å². The fourth-order valence-electron chi connectivity index (χ4n) is 2.20. The van der Waals surface area contributed by atoms with Gasteiger partial charge in [-0.2, -0.15) is 5.10 Å². The third-order valence-corrected chi connectivity index (χ3v) is 4.08. The lowest BCUT2D eigenvalue weighted by Gasteiger charge is -2.07. The number of carbonyl (C=O) groups excluding carboxylic acids is 2. The van der Waals surface area contributed by atoms with Crippen molar-refractivity contribution in [3.63, 3.8) is 0 Å². The van der Waals surface area contributed by atoms with Gasteiger partial charge in [-0.3, -0.25) is 9.59 Å². The summed E-state index contributed by atoms with van der Waals surface area (Å²) in [7, 11) is 0. The average Bonchev–Trinajstić information content (AvgIpc) is 2.67. The van der Waals surface area contributed by atoms with Crippen LogP contribution in [0.25, 0.3) is 0 Å². The Balaban J connectivity index is 1.64. The molecule has 0 bridgehead atoms. The monoisotopic (exact) mass is 431 g/mol. The van der Waals surface area contributed by atoms with Crippen molar-refractivity contribution in [1.29, 1.82) is 0 Å². The Kier molecular flexibility index (Phi) is 8.51. The summed E-state index contributed by atoms with van der Waals surface area (Å²) in [6, 6.07) is 17.1. The van der Waals surface area contributed by atoms with Gasteiger partial charge in [0.2, 0.25) is 5.91 Å². The summed E-state index contributed by atoms with van der Waals surface area (Å²) in [5.41, 5.74) is 4.07. The fraction of sp³-hybridized carbons (Fsp3) is 0.250. The molecule has 6 nitrogen and oxygen atoms in total. The molecule has 0 radical (unpaired) electrons. The molecule has 2 aromatic rings. The number of amides is 2. The van der Waals surface area contributed by atoms with Gasteiger partial charge in [0.25, 0.3) is 5.91 Å². The van der Waals surface area contributed by atoms with Crippen molar-refractivity contribution < 1.29 is 14.3 Å². The number of ether oxygens (including phenoxy) is 1. The number of hydrogen-bond acceptors (Lipinski definition) is 4. The maximum Gasteiger partial charge on any atom is 0.277 e. The van der Waals surface area contributed by atoms with Gasteiger partial charge < -0.3 is 10.1 Å². The van der Waals surface area contributed by atoms with E-state index in [0.717, 1.165) is 10.9 Å². The van der Waals surface area contributed by atoms with E-state index >= 15 is 0 Å². The number of hydrazone groups is 1. The number of rotatable bonds is 9. The smallest absolute Gasteiger partial charge is 0.277 e. The highest BCUT2D eigenvalue weighted by atomic mass is 79.9. The fourth-order valence-corrected chi connectivity index (χ4v) is 2.46. The lowest BCUT2D eigenvalue weighted by atomic mass is 10.1. The van der Waals surface area contributed by atoms with Crippen LogP contribution in [0.15, 0.2) is 64.2 Å². The number of halogens is 1. The molecule has 2 rings (SSSR count). The Morgan fingerprint density at radius 3 is 2.44 bits per heavy atom. The van der Waals surface area contributed by atoms with Crippen molar-refractivity contribution >= 4 is 33.5 Å². The maximum atomic E-state index is 11.9. The maximum absolute atomic E-state index is 11.9. The zero-order chi connectivity index (χ0) is 19.5. The first-order valence-corrected chi connectivity index (χ1v) is 9.33. The predicted octanol–water partition coefficient (Wildman–Crippen LogP) is 3.07. The van der Waals surface area contributed by atoms with E-state index in [9.17, 15) is 9.59 Å². The van der Waals surface area contributed by atoms with Crippen LogP contribution in [-0.4, -0.2) is 30.7 Å². The van der Waals surface area contributed by atoms with Crippen LogP contribution >= 0.6 is 15.9 Å². The molecular weight excluding hydrogens is 410 g/mol. The molecule has 2 aromatic carbocycles. The van der Waals surface area contributed by atoms with Gasteiger partial charge in [-0.15, -0.1) is 0 Å². The van der Waals surface area contributed by atoms with Crippen molar-refractivity contribution in [2.24, 2.45) is 5.10 Å². The molecule has 0 aromatic heterocycles. The Hall–Kier alpha value is -2.67. The molecule has 27 heavy (non-hydrogen) atoms. The summed E-state index contributed by atoms with van der Waals surface area (Å²) in [5.74, 6) is 0.0705. The molecule has 0 atom stereocenters. The highest BCUT2D eigenvalue weighted by Crippen LogP contribution is 2.15. The third-order valence-electron chi connectivity index (χ3n) is 3.55. The molecule has 2 N–H and O–H groups in total. The summed E-state index contributed by atoms with van der Waals surface area (Å²) in [5, 5.41) is 6.77. The van der Waals surface area contributed by atoms with Gasteiger partial charge in [0.1, 0.15) is 5.75 Å². The normalized spacial score (nSPS) is 11.0. The van der Waals surface area contributed by atoms with Gasteiger partial charge in [-0.05, 0) is 43.2 Å². The van der Waals surface area contributed by atoms with Crippen LogP contribution in [0.3, 0.4) is 0 Å². The zero-order valence-corrected chi connectivity index (χ0v) is 16.7. The van der Waals surface area contributed by atoms with Crippen LogP contribution in [0.2, 0.25) is 0 Å². The van der Waals surface area contributed by atoms with Crippen molar-refractivity contribution in [2.75, 3.05) is 13.2 Å². The molecule has 0 saturated heterocycles. The summed E-state index contributed by atoms with van der Waals surface area (Å²) >= 11 is 3.33. The average molecular weight is 432 g/mol. The van der Waals surface area contributed by atoms with E-state index in [0.29, 0.717) is 18.0 Å². The Labute approximate surface area is 167 Å². The predicted molar refractivity (Wildman–Crippen MR) is 109 cm³/mol. The number of nitrogens with one attached hydrogen (secondary N) is 2. The summed E-state index contributed by atoms with van der Waals surface area (Å²) in [6.07, 6.45) is 0.898. The molecule has 0 aliphatic rings. The van der Waals surface area contributed by atoms with Crippen LogP contribution in [0, 0.1) is 0 Å². The lowest BCUT2D eigenvalue weighted by molar-refractivity contribution is -0.123. The van der Waals surface area contributed by atoms with Gasteiger partial charge in [0, 0.05) is 16.7 Å². The number of carbonyl (C=O) groups is 2. The van der Waals surface area contributed by atoms with E-state index in [-0.39, 0.29) is 24.8 Å². The Bertz CT molecular complexity index is 777. The molecule has 0 saturated carbocycles. The first kappa shape index (κ1) is 20.6. The Morgan fingerprint density at radius 2 is 1.74 bits per heavy atom. The lowest BCUT2D eigenvalue weighted by Crippen LogP contribution is -2.29. The third kappa shape index (κ3) is 8.50. The van der Waals surface area contributed by atoms with Crippen LogP contribution < -0.4 is 15.5 Å². The summed E-state index contributed by atoms with van der Waals surface area (Å²) in [4.78, 5) is 23.6. The van der Waals surface area contributed by atoms with Crippen LogP contribution in [0.1, 0.15) is 18.9 Å². The topological polar surface area (TPSA) is 79.8 Å². The molecule has 2 amide bonds. The molecular formula is C20H22BrN3O3. The minimum Gasteiger partial charge on any atom is -0.484 e. The number of hydrogen-bond donors (Lipinski definition) is 2. The highest BCUT2D eigenvalue weighted by Gasteiger charge is 2.05. The van der Waals surface area contributed by atoms with Gasteiger partial charge in [-0.1, -0.05) is 46.3 Å². The molecule has 0 heterocycles. The van der Waals surface area contributed by atoms with Gasteiger partial charge in [0.05, 0.1) is 6.42 Å². The van der Waals surface area contributed by atoms with E-state index in [1.165, 1.54) is 5.56 Å². The van der Waals surface area contributed by atoms with Gasteiger partial charge in [-0.25, -0.2) is 5.43 Å². The minimum absolute atomic E-state index is 0.128. The zero-order valence-electron chi connectivity index (χ0n) is 15.1. The molecule has 0 spiro atoms. The molecule has 0 aliphatic carbocycles. The largest absolute Gasteiger partial charge is 0.484 e. The SMILES string of the molecule is C/C(CC(=O)NCCc1ccccc1)=N\NC(=O)COc1ccc(Br)cc1. The van der Waals surface area contributed by atoms with E-state index < -0.39 is 0 Å². The van der Waals surface area contributed by atoms with E-state index in [4.69, 9.17) is 4.74 Å². The van der Waals surface area contributed by atoms with Gasteiger partial charge >= 0.3 is 0 Å². The van der Waals surface area contributed by atoms with Crippen molar-refractivity contribution in [2.45, 2.75) is 19.8 Å². The molecule has 0 aliphatic heterocycles. The minimum atomic E-state index is -0.387. The van der Waals surface area contributed by atoms with E-state index in [1.807, 2.05) is 42.5 Å². The highest BCUT2D eigenvalue weighted by molar-refractivity contribution is 9.10. The second-order valence-corrected chi connectivity index (χ2v) is 6.80. The molecule has 0 unspecified atom stereocenters. The molecule has 7 heteroatoms. The van der Waals surface area contributed by atoms with Crippen LogP contribution in [0.5, 0.6) is 5.75 Å². The van der Waals surface area contributed by atoms with Gasteiger partial charge in [0.15, 0.2) is 6.61 Å². The summed E-state index contributed by atoms with van der Waals surface area (Å²) in [6.45, 7) is 2.10. The first-order chi connectivity index (χ1) is 13.0. The standard InChI is InChI=1S/C20H22BrN3O3/c1-15(13-19(25)22-12-11-16-5-3-2-4-6-16)23-24-20(26)14-27-18-9-7-17(21)8-10-18/h2-10H,11-14H2,1H3,(H,22,25)(H,24,26)/b23-15+. The Morgan fingerprint density at radius 1 is 1.04 bits per heavy atom. The van der Waals surface area contributed by atoms with E-state index in [1.54, 1.807) is 19.1 Å². The molecule has 0 fully saturated rings. The second-order valence-electron chi connectivity index (χ2n) is 5.89. The van der Waals surface area contributed by atoms with Crippen molar-refractivity contribution in [1.82, 2.24) is 10.7 Å². The number of nitrogens with zero attached hydrogens (tertiary/aromatic N) is 1. The van der Waals surface area contributed by atoms with Crippen molar-refractivity contribution in [3.05, 3.63) is 64.6 Å². The van der Waals surface area contributed by atoms with Crippen LogP contribution in [0.4, 0.5) is 0 Å². The van der Waals surface area contributed by atoms with Crippen LogP contribution in [-0.2, 0) is 16.0 Å². The first-order valence-electron chi connectivity index (χ1n) is 8.54. The second kappa shape index (κ2) is 11.1.